The largest absolute Gasteiger partial charge is 0.453 e. The SMILES string of the molecule is Cc1nc2nc(C(F)(F)F)nn2c(C)c1CC(=O)N[C@H](C)CCCC(C)C. The first-order valence-corrected chi connectivity index (χ1v) is 9.08. The Bertz CT molecular complexity index is 813. The molecular formula is C18H26F3N5O. The van der Waals surface area contributed by atoms with Crippen molar-refractivity contribution in [3.05, 3.63) is 22.8 Å². The Morgan fingerprint density at radius 2 is 1.81 bits per heavy atom. The highest BCUT2D eigenvalue weighted by atomic mass is 19.4. The van der Waals surface area contributed by atoms with Crippen molar-refractivity contribution >= 4 is 11.7 Å². The van der Waals surface area contributed by atoms with Crippen molar-refractivity contribution in [3.63, 3.8) is 0 Å². The summed E-state index contributed by atoms with van der Waals surface area (Å²) in [7, 11) is 0. The van der Waals surface area contributed by atoms with E-state index in [1.54, 1.807) is 13.8 Å². The maximum absolute atomic E-state index is 12.8. The van der Waals surface area contributed by atoms with Crippen LogP contribution in [0.4, 0.5) is 13.2 Å². The molecule has 1 amide bonds. The number of carbonyl (C=O) groups excluding carboxylic acids is 1. The molecule has 0 aliphatic rings. The number of hydrogen-bond acceptors (Lipinski definition) is 4. The molecule has 0 saturated heterocycles. The van der Waals surface area contributed by atoms with Gasteiger partial charge in [-0.15, -0.1) is 5.10 Å². The number of carbonyl (C=O) groups is 1. The predicted octanol–water partition coefficient (Wildman–Crippen LogP) is 3.63. The van der Waals surface area contributed by atoms with Crippen LogP contribution in [0.25, 0.3) is 5.78 Å². The van der Waals surface area contributed by atoms with Crippen molar-refractivity contribution in [3.8, 4) is 0 Å². The third-order valence-corrected chi connectivity index (χ3v) is 4.47. The summed E-state index contributed by atoms with van der Waals surface area (Å²) in [6, 6.07) is 0.0387. The zero-order valence-corrected chi connectivity index (χ0v) is 16.3. The van der Waals surface area contributed by atoms with E-state index in [4.69, 9.17) is 0 Å². The number of nitrogens with one attached hydrogen (secondary N) is 1. The van der Waals surface area contributed by atoms with Crippen molar-refractivity contribution in [1.82, 2.24) is 24.9 Å². The predicted molar refractivity (Wildman–Crippen MR) is 95.3 cm³/mol. The van der Waals surface area contributed by atoms with Gasteiger partial charge < -0.3 is 5.32 Å². The molecule has 150 valence electrons. The van der Waals surface area contributed by atoms with Gasteiger partial charge in [0.25, 0.3) is 11.6 Å². The van der Waals surface area contributed by atoms with Crippen molar-refractivity contribution in [2.24, 2.45) is 5.92 Å². The molecule has 0 saturated carbocycles. The summed E-state index contributed by atoms with van der Waals surface area (Å²) in [6.45, 7) is 9.54. The van der Waals surface area contributed by atoms with E-state index in [0.717, 1.165) is 23.8 Å². The molecular weight excluding hydrogens is 359 g/mol. The highest BCUT2D eigenvalue weighted by Crippen LogP contribution is 2.27. The lowest BCUT2D eigenvalue weighted by Gasteiger charge is -2.16. The van der Waals surface area contributed by atoms with Gasteiger partial charge in [0, 0.05) is 23.0 Å². The highest BCUT2D eigenvalue weighted by molar-refractivity contribution is 5.79. The van der Waals surface area contributed by atoms with Crippen LogP contribution >= 0.6 is 0 Å². The summed E-state index contributed by atoms with van der Waals surface area (Å²) in [5, 5.41) is 6.44. The fourth-order valence-corrected chi connectivity index (χ4v) is 2.98. The standard InChI is InChI=1S/C18H26F3N5O/c1-10(2)7-6-8-11(3)22-15(27)9-14-12(4)23-17-24-16(18(19,20)21)25-26(17)13(14)5/h10-11H,6-9H2,1-5H3,(H,22,27)/t11-/m1/s1. The van der Waals surface area contributed by atoms with E-state index >= 15 is 0 Å². The van der Waals surface area contributed by atoms with Gasteiger partial charge in [0.2, 0.25) is 5.91 Å². The molecule has 0 aromatic carbocycles. The van der Waals surface area contributed by atoms with E-state index in [1.807, 2.05) is 6.92 Å². The van der Waals surface area contributed by atoms with Crippen LogP contribution in [0.1, 0.15) is 62.8 Å². The van der Waals surface area contributed by atoms with E-state index in [9.17, 15) is 18.0 Å². The van der Waals surface area contributed by atoms with Gasteiger partial charge in [-0.05, 0) is 33.1 Å². The van der Waals surface area contributed by atoms with Crippen LogP contribution in [-0.4, -0.2) is 31.5 Å². The van der Waals surface area contributed by atoms with Crippen LogP contribution in [0.2, 0.25) is 0 Å². The second-order valence-electron chi connectivity index (χ2n) is 7.38. The average molecular weight is 385 g/mol. The number of hydrogen-bond donors (Lipinski definition) is 1. The Morgan fingerprint density at radius 3 is 2.41 bits per heavy atom. The molecule has 2 aromatic heterocycles. The summed E-state index contributed by atoms with van der Waals surface area (Å²) in [5.41, 5.74) is 1.47. The van der Waals surface area contributed by atoms with Crippen molar-refractivity contribution in [2.45, 2.75) is 72.5 Å². The van der Waals surface area contributed by atoms with E-state index in [2.05, 4.69) is 34.2 Å². The summed E-state index contributed by atoms with van der Waals surface area (Å²) in [6.07, 6.45) is -1.58. The molecule has 1 atom stereocenters. The van der Waals surface area contributed by atoms with Crippen LogP contribution in [0.5, 0.6) is 0 Å². The minimum atomic E-state index is -4.64. The fourth-order valence-electron chi connectivity index (χ4n) is 2.98. The third-order valence-electron chi connectivity index (χ3n) is 4.47. The van der Waals surface area contributed by atoms with Gasteiger partial charge in [0.1, 0.15) is 0 Å². The molecule has 0 aliphatic heterocycles. The smallest absolute Gasteiger partial charge is 0.353 e. The first-order chi connectivity index (χ1) is 12.5. The quantitative estimate of drug-likeness (QED) is 0.790. The highest BCUT2D eigenvalue weighted by Gasteiger charge is 2.37. The Hall–Kier alpha value is -2.19. The van der Waals surface area contributed by atoms with Gasteiger partial charge in [-0.25, -0.2) is 9.50 Å². The molecule has 0 aliphatic carbocycles. The van der Waals surface area contributed by atoms with E-state index < -0.39 is 12.0 Å². The topological polar surface area (TPSA) is 72.2 Å². The van der Waals surface area contributed by atoms with E-state index in [1.165, 1.54) is 0 Å². The molecule has 0 unspecified atom stereocenters. The number of nitrogens with zero attached hydrogens (tertiary/aromatic N) is 4. The van der Waals surface area contributed by atoms with Gasteiger partial charge in [0.15, 0.2) is 0 Å². The summed E-state index contributed by atoms with van der Waals surface area (Å²) in [5.74, 6) is -0.919. The zero-order chi connectivity index (χ0) is 20.4. The molecule has 9 heteroatoms. The molecule has 0 radical (unpaired) electrons. The van der Waals surface area contributed by atoms with Gasteiger partial charge in [-0.2, -0.15) is 18.2 Å². The van der Waals surface area contributed by atoms with Crippen molar-refractivity contribution in [1.29, 1.82) is 0 Å². The molecule has 6 nitrogen and oxygen atoms in total. The van der Waals surface area contributed by atoms with Crippen LogP contribution < -0.4 is 5.32 Å². The first kappa shape index (κ1) is 21.1. The Labute approximate surface area is 156 Å². The lowest BCUT2D eigenvalue weighted by molar-refractivity contribution is -0.144. The lowest BCUT2D eigenvalue weighted by Crippen LogP contribution is -2.34. The number of fused-ring (bicyclic) bond motifs is 1. The lowest BCUT2D eigenvalue weighted by atomic mass is 10.0. The van der Waals surface area contributed by atoms with Crippen LogP contribution in [0, 0.1) is 19.8 Å². The molecule has 2 rings (SSSR count). The minimum absolute atomic E-state index is 0.0380. The Balaban J connectivity index is 2.12. The number of amides is 1. The molecule has 1 N–H and O–H groups in total. The normalized spacial score (nSPS) is 13.4. The van der Waals surface area contributed by atoms with Gasteiger partial charge in [0.05, 0.1) is 6.42 Å². The van der Waals surface area contributed by atoms with E-state index in [0.29, 0.717) is 22.9 Å². The molecule has 2 aromatic rings. The van der Waals surface area contributed by atoms with Gasteiger partial charge in [-0.1, -0.05) is 26.7 Å². The maximum atomic E-state index is 12.8. The number of rotatable bonds is 7. The van der Waals surface area contributed by atoms with Gasteiger partial charge in [-0.3, -0.25) is 4.79 Å². The van der Waals surface area contributed by atoms with Crippen LogP contribution in [0.15, 0.2) is 0 Å². The number of alkyl halides is 3. The fraction of sp³-hybridized carbons (Fsp3) is 0.667. The van der Waals surface area contributed by atoms with Gasteiger partial charge >= 0.3 is 6.18 Å². The maximum Gasteiger partial charge on any atom is 0.453 e. The molecule has 0 bridgehead atoms. The second-order valence-corrected chi connectivity index (χ2v) is 7.38. The number of halogens is 3. The molecule has 2 heterocycles. The Kier molecular flexibility index (Phi) is 6.43. The molecule has 0 spiro atoms. The number of aryl methyl sites for hydroxylation is 2. The zero-order valence-electron chi connectivity index (χ0n) is 16.3. The van der Waals surface area contributed by atoms with Crippen LogP contribution in [-0.2, 0) is 17.4 Å². The average Bonchev–Trinajstić information content (AvgIpc) is 2.95. The van der Waals surface area contributed by atoms with Crippen molar-refractivity contribution < 1.29 is 18.0 Å². The monoisotopic (exact) mass is 385 g/mol. The summed E-state index contributed by atoms with van der Waals surface area (Å²) < 4.78 is 39.5. The van der Waals surface area contributed by atoms with Crippen molar-refractivity contribution in [2.75, 3.05) is 0 Å². The second kappa shape index (κ2) is 8.22. The molecule has 27 heavy (non-hydrogen) atoms. The third kappa shape index (κ3) is 5.40. The first-order valence-electron chi connectivity index (χ1n) is 9.08. The molecule has 0 fully saturated rings. The van der Waals surface area contributed by atoms with Crippen LogP contribution in [0.3, 0.4) is 0 Å². The Morgan fingerprint density at radius 1 is 1.15 bits per heavy atom. The summed E-state index contributed by atoms with van der Waals surface area (Å²) >= 11 is 0. The number of aromatic nitrogens is 4. The minimum Gasteiger partial charge on any atom is -0.353 e. The summed E-state index contributed by atoms with van der Waals surface area (Å²) in [4.78, 5) is 19.9. The van der Waals surface area contributed by atoms with E-state index in [-0.39, 0.29) is 24.1 Å².